The van der Waals surface area contributed by atoms with Gasteiger partial charge in [-0.3, -0.25) is 9.20 Å². The first-order valence-corrected chi connectivity index (χ1v) is 11.5. The minimum atomic E-state index is -5.32. The second-order valence-corrected chi connectivity index (χ2v) is 10.2. The molecule has 4 aromatic rings. The van der Waals surface area contributed by atoms with E-state index in [-0.39, 0.29) is 17.6 Å². The van der Waals surface area contributed by atoms with Gasteiger partial charge in [0.2, 0.25) is 11.2 Å². The third kappa shape index (κ3) is 3.38. The number of amides is 1. The van der Waals surface area contributed by atoms with Crippen LogP contribution in [0.1, 0.15) is 47.9 Å². The topological polar surface area (TPSA) is 89.4 Å². The summed E-state index contributed by atoms with van der Waals surface area (Å²) in [4.78, 5) is 27.0. The molecule has 0 fully saturated rings. The van der Waals surface area contributed by atoms with Gasteiger partial charge in [-0.25, -0.2) is 15.0 Å². The lowest BCUT2D eigenvalue weighted by molar-refractivity contribution is 0.0715. The van der Waals surface area contributed by atoms with Crippen molar-refractivity contribution in [1.29, 1.82) is 0 Å². The number of hydrogen-bond acceptors (Lipinski definition) is 5. The molecule has 0 saturated heterocycles. The number of imidazole rings is 1. The number of nitrogens with two attached hydrogens (primary N) is 1. The summed E-state index contributed by atoms with van der Waals surface area (Å²) in [6.45, 7) is 3.81. The first-order valence-electron chi connectivity index (χ1n) is 10.2. The van der Waals surface area contributed by atoms with Gasteiger partial charge >= 0.3 is 0 Å². The van der Waals surface area contributed by atoms with Gasteiger partial charge in [0.25, 0.3) is 5.91 Å². The highest BCUT2D eigenvalue weighted by molar-refractivity contribution is 8.20. The second-order valence-electron chi connectivity index (χ2n) is 8.88. The van der Waals surface area contributed by atoms with Crippen LogP contribution in [0.3, 0.4) is 0 Å². The molecule has 1 aliphatic rings. The first-order chi connectivity index (χ1) is 15.5. The summed E-state index contributed by atoms with van der Waals surface area (Å²) in [5.74, 6) is -0.0241. The largest absolute Gasteiger partial charge is 0.382 e. The van der Waals surface area contributed by atoms with E-state index in [1.54, 1.807) is 34.9 Å². The van der Waals surface area contributed by atoms with E-state index >= 15 is 0 Å². The zero-order valence-corrected chi connectivity index (χ0v) is 18.9. The molecule has 0 radical (unpaired) electrons. The maximum atomic E-state index is 13.4. The molecule has 1 amide bonds. The summed E-state index contributed by atoms with van der Waals surface area (Å²) >= 11 is -5.32. The van der Waals surface area contributed by atoms with Gasteiger partial charge in [0, 0.05) is 7.05 Å². The zero-order valence-electron chi connectivity index (χ0n) is 18.1. The maximum Gasteiger partial charge on any atom is 0.272 e. The fourth-order valence-corrected chi connectivity index (χ4v) is 5.10. The number of nitrogen functional groups attached to an aromatic ring is 1. The Hall–Kier alpha value is -3.34. The van der Waals surface area contributed by atoms with Crippen LogP contribution in [0.5, 0.6) is 0 Å². The number of aromatic nitrogens is 4. The van der Waals surface area contributed by atoms with Crippen LogP contribution in [0.2, 0.25) is 0 Å². The van der Waals surface area contributed by atoms with Crippen molar-refractivity contribution in [3.05, 3.63) is 59.8 Å². The number of carbonyl (C=O) groups is 1. The number of rotatable bonds is 3. The van der Waals surface area contributed by atoms with Crippen molar-refractivity contribution in [2.45, 2.75) is 36.6 Å². The summed E-state index contributed by atoms with van der Waals surface area (Å²) < 4.78 is 41.8. The number of halogens is 3. The Kier molecular flexibility index (Phi) is 4.61. The number of hydrogen-bond donors (Lipinski definition) is 1. The Balaban J connectivity index is 1.53. The molecule has 1 aromatic carbocycles. The van der Waals surface area contributed by atoms with Crippen molar-refractivity contribution in [1.82, 2.24) is 24.3 Å². The first kappa shape index (κ1) is 21.5. The van der Waals surface area contributed by atoms with Gasteiger partial charge in [-0.15, -0.1) is 11.7 Å². The summed E-state index contributed by atoms with van der Waals surface area (Å²) in [7, 11) is 1.65. The number of carbonyl (C=O) groups excluding carboxylic acids is 1. The van der Waals surface area contributed by atoms with Gasteiger partial charge in [0.15, 0.2) is 0 Å². The highest BCUT2D eigenvalue weighted by Gasteiger charge is 2.41. The monoisotopic (exact) mass is 474 g/mol. The molecule has 0 aliphatic heterocycles. The SMILES string of the molecule is CN(C(=O)c1cc2c(cn1)nc(N)c1cncn12)[C@@H]1CC(C)(C)c2cc(S(F)(F)F)ccc21. The summed E-state index contributed by atoms with van der Waals surface area (Å²) in [6, 6.07) is 5.12. The van der Waals surface area contributed by atoms with E-state index in [2.05, 4.69) is 15.0 Å². The molecular formula is C22H21F3N6OS. The van der Waals surface area contributed by atoms with Crippen molar-refractivity contribution in [2.24, 2.45) is 0 Å². The summed E-state index contributed by atoms with van der Waals surface area (Å²) in [5, 5.41) is 0. The Morgan fingerprint density at radius 2 is 1.97 bits per heavy atom. The number of benzene rings is 1. The van der Waals surface area contributed by atoms with E-state index in [1.807, 2.05) is 13.8 Å². The normalized spacial score (nSPS) is 17.9. The van der Waals surface area contributed by atoms with Crippen molar-refractivity contribution >= 4 is 39.5 Å². The maximum absolute atomic E-state index is 13.4. The molecule has 1 atom stereocenters. The molecule has 33 heavy (non-hydrogen) atoms. The van der Waals surface area contributed by atoms with Crippen LogP contribution in [0.4, 0.5) is 17.5 Å². The van der Waals surface area contributed by atoms with E-state index in [4.69, 9.17) is 5.73 Å². The molecule has 172 valence electrons. The molecule has 7 nitrogen and oxygen atoms in total. The van der Waals surface area contributed by atoms with Gasteiger partial charge in [0.1, 0.15) is 22.5 Å². The van der Waals surface area contributed by atoms with E-state index in [1.165, 1.54) is 18.3 Å². The zero-order chi connectivity index (χ0) is 23.7. The van der Waals surface area contributed by atoms with Crippen LogP contribution in [-0.2, 0) is 5.41 Å². The lowest BCUT2D eigenvalue weighted by Gasteiger charge is -2.26. The molecule has 0 spiro atoms. The molecule has 5 rings (SSSR count). The van der Waals surface area contributed by atoms with Crippen molar-refractivity contribution < 1.29 is 16.5 Å². The standard InChI is InChI=1S/C22H21F3N6OS/c1-22(2)8-18(13-5-4-12(6-14(13)22)33(23,24)25)30(3)21(32)15-7-17-16(9-28-15)29-20(26)19-10-27-11-31(17)19/h4-7,9-11,18H,8H2,1-3H3,(H2,26,29)/t18-/m1/s1. The molecule has 1 aliphatic carbocycles. The van der Waals surface area contributed by atoms with Crippen LogP contribution in [-0.4, -0.2) is 37.2 Å². The Morgan fingerprint density at radius 3 is 2.70 bits per heavy atom. The average Bonchev–Trinajstić information content (AvgIpc) is 3.35. The van der Waals surface area contributed by atoms with Crippen LogP contribution in [0.25, 0.3) is 16.6 Å². The predicted octanol–water partition coefficient (Wildman–Crippen LogP) is 5.17. The van der Waals surface area contributed by atoms with Crippen molar-refractivity contribution in [3.8, 4) is 0 Å². The summed E-state index contributed by atoms with van der Waals surface area (Å²) in [6.07, 6.45) is 5.17. The van der Waals surface area contributed by atoms with E-state index in [9.17, 15) is 16.5 Å². The Morgan fingerprint density at radius 1 is 1.21 bits per heavy atom. The number of anilines is 1. The van der Waals surface area contributed by atoms with Crippen LogP contribution >= 0.6 is 11.2 Å². The molecule has 0 saturated carbocycles. The second kappa shape index (κ2) is 7.08. The van der Waals surface area contributed by atoms with Crippen molar-refractivity contribution in [3.63, 3.8) is 0 Å². The van der Waals surface area contributed by atoms with Gasteiger partial charge < -0.3 is 10.6 Å². The number of pyridine rings is 1. The molecule has 3 aromatic heterocycles. The van der Waals surface area contributed by atoms with Gasteiger partial charge in [-0.1, -0.05) is 19.9 Å². The van der Waals surface area contributed by atoms with E-state index in [0.29, 0.717) is 34.4 Å². The smallest absolute Gasteiger partial charge is 0.272 e. The highest BCUT2D eigenvalue weighted by Crippen LogP contribution is 2.62. The van der Waals surface area contributed by atoms with Crippen LogP contribution in [0.15, 0.2) is 47.9 Å². The quantitative estimate of drug-likeness (QED) is 0.442. The minimum absolute atomic E-state index is 0.203. The van der Waals surface area contributed by atoms with Crippen molar-refractivity contribution in [2.75, 3.05) is 12.8 Å². The predicted molar refractivity (Wildman–Crippen MR) is 121 cm³/mol. The highest BCUT2D eigenvalue weighted by atomic mass is 32.3. The fourth-order valence-electron chi connectivity index (χ4n) is 4.62. The average molecular weight is 475 g/mol. The van der Waals surface area contributed by atoms with Crippen LogP contribution in [0, 0.1) is 0 Å². The lowest BCUT2D eigenvalue weighted by Crippen LogP contribution is -2.31. The van der Waals surface area contributed by atoms with E-state index < -0.39 is 21.5 Å². The molecule has 3 heterocycles. The molecule has 11 heteroatoms. The summed E-state index contributed by atoms with van der Waals surface area (Å²) in [5.41, 5.74) is 8.79. The molecule has 0 bridgehead atoms. The van der Waals surface area contributed by atoms with Gasteiger partial charge in [0.05, 0.1) is 35.2 Å². The van der Waals surface area contributed by atoms with Gasteiger partial charge in [-0.05, 0) is 41.2 Å². The molecular weight excluding hydrogens is 453 g/mol. The molecule has 2 N–H and O–H groups in total. The minimum Gasteiger partial charge on any atom is -0.382 e. The number of nitrogens with zero attached hydrogens (tertiary/aromatic N) is 5. The Bertz CT molecular complexity index is 1430. The third-order valence-corrected chi connectivity index (χ3v) is 7.14. The molecule has 0 unspecified atom stereocenters. The third-order valence-electron chi connectivity index (χ3n) is 6.35. The lowest BCUT2D eigenvalue weighted by atomic mass is 9.86. The van der Waals surface area contributed by atoms with Gasteiger partial charge in [-0.2, -0.15) is 0 Å². The number of fused-ring (bicyclic) bond motifs is 4. The van der Waals surface area contributed by atoms with E-state index in [0.717, 1.165) is 11.6 Å². The van der Waals surface area contributed by atoms with Crippen LogP contribution < -0.4 is 5.73 Å². The Labute approximate surface area is 189 Å². The fraction of sp³-hybridized carbons (Fsp3) is 0.273.